The Bertz CT molecular complexity index is 493. The Labute approximate surface area is 130 Å². The number of hydrogen-bond donors (Lipinski definition) is 2. The lowest BCUT2D eigenvalue weighted by Crippen LogP contribution is -2.56. The van der Waals surface area contributed by atoms with E-state index in [0.717, 1.165) is 18.5 Å². The highest BCUT2D eigenvalue weighted by molar-refractivity contribution is 5.89. The average Bonchev–Trinajstić information content (AvgIpc) is 2.54. The lowest BCUT2D eigenvalue weighted by Gasteiger charge is -2.34. The first kappa shape index (κ1) is 16.5. The maximum Gasteiger partial charge on any atom is 0.249 e. The third-order valence-corrected chi connectivity index (χ3v) is 3.60. The van der Waals surface area contributed by atoms with Gasteiger partial charge in [0.1, 0.15) is 12.6 Å². The average molecular weight is 305 g/mol. The molecular weight excluding hydrogens is 282 g/mol. The molecule has 0 aliphatic carbocycles. The van der Waals surface area contributed by atoms with E-state index in [9.17, 15) is 9.59 Å². The number of carbonyl (C=O) groups excluding carboxylic acids is 2. The topological polar surface area (TPSA) is 70.7 Å². The predicted molar refractivity (Wildman–Crippen MR) is 83.2 cm³/mol. The summed E-state index contributed by atoms with van der Waals surface area (Å²) in [6, 6.07) is 9.11. The summed E-state index contributed by atoms with van der Waals surface area (Å²) in [5.74, 6) is -0.300. The highest BCUT2D eigenvalue weighted by Crippen LogP contribution is 2.13. The van der Waals surface area contributed by atoms with Gasteiger partial charge in [0.05, 0.1) is 6.61 Å². The number of hydrogen-bond acceptors (Lipinski definition) is 4. The smallest absolute Gasteiger partial charge is 0.249 e. The molecule has 0 radical (unpaired) electrons. The van der Waals surface area contributed by atoms with Crippen LogP contribution in [-0.2, 0) is 20.9 Å². The van der Waals surface area contributed by atoms with Crippen LogP contribution in [0, 0.1) is 0 Å². The molecule has 1 aromatic rings. The van der Waals surface area contributed by atoms with Crippen LogP contribution in [-0.4, -0.2) is 56.1 Å². The third kappa shape index (κ3) is 4.54. The van der Waals surface area contributed by atoms with Crippen molar-refractivity contribution in [1.29, 1.82) is 0 Å². The quantitative estimate of drug-likeness (QED) is 0.703. The first-order valence-electron chi connectivity index (χ1n) is 7.56. The lowest BCUT2D eigenvalue weighted by atomic mass is 10.1. The zero-order valence-corrected chi connectivity index (χ0v) is 12.9. The molecular formula is C16H23N3O3. The molecule has 1 saturated heterocycles. The Morgan fingerprint density at radius 3 is 2.82 bits per heavy atom. The molecule has 2 amide bonds. The normalized spacial score (nSPS) is 18.3. The van der Waals surface area contributed by atoms with Crippen molar-refractivity contribution >= 4 is 11.8 Å². The molecule has 120 valence electrons. The van der Waals surface area contributed by atoms with E-state index in [1.54, 1.807) is 4.90 Å². The van der Waals surface area contributed by atoms with Gasteiger partial charge >= 0.3 is 0 Å². The molecule has 1 aliphatic heterocycles. The third-order valence-electron chi connectivity index (χ3n) is 3.60. The molecule has 0 unspecified atom stereocenters. The predicted octanol–water partition coefficient (Wildman–Crippen LogP) is 0.140. The van der Waals surface area contributed by atoms with Crippen LogP contribution in [0.15, 0.2) is 30.3 Å². The van der Waals surface area contributed by atoms with Gasteiger partial charge < -0.3 is 20.3 Å². The van der Waals surface area contributed by atoms with Gasteiger partial charge in [-0.05, 0) is 25.6 Å². The number of nitrogens with zero attached hydrogens (tertiary/aromatic N) is 1. The van der Waals surface area contributed by atoms with Crippen LogP contribution in [0.5, 0.6) is 0 Å². The molecule has 1 heterocycles. The van der Waals surface area contributed by atoms with E-state index in [1.807, 2.05) is 37.4 Å². The van der Waals surface area contributed by atoms with Crippen molar-refractivity contribution in [3.8, 4) is 0 Å². The van der Waals surface area contributed by atoms with Crippen LogP contribution in [0.3, 0.4) is 0 Å². The van der Waals surface area contributed by atoms with E-state index in [2.05, 4.69) is 10.6 Å². The van der Waals surface area contributed by atoms with Crippen molar-refractivity contribution in [2.24, 2.45) is 0 Å². The summed E-state index contributed by atoms with van der Waals surface area (Å²) in [7, 11) is 1.87. The van der Waals surface area contributed by atoms with Gasteiger partial charge in [-0.2, -0.15) is 0 Å². The van der Waals surface area contributed by atoms with Crippen molar-refractivity contribution in [3.05, 3.63) is 35.9 Å². The Balaban J connectivity index is 1.97. The van der Waals surface area contributed by atoms with E-state index in [-0.39, 0.29) is 25.0 Å². The lowest BCUT2D eigenvalue weighted by molar-refractivity contribution is -0.155. The minimum Gasteiger partial charge on any atom is -0.369 e. The second-order valence-electron chi connectivity index (χ2n) is 5.29. The van der Waals surface area contributed by atoms with Crippen LogP contribution in [0.25, 0.3) is 0 Å². The fraction of sp³-hybridized carbons (Fsp3) is 0.500. The monoisotopic (exact) mass is 305 g/mol. The molecule has 6 nitrogen and oxygen atoms in total. The molecule has 1 fully saturated rings. The van der Waals surface area contributed by atoms with E-state index in [4.69, 9.17) is 4.74 Å². The van der Waals surface area contributed by atoms with E-state index >= 15 is 0 Å². The van der Waals surface area contributed by atoms with Crippen molar-refractivity contribution < 1.29 is 14.3 Å². The first-order chi connectivity index (χ1) is 10.7. The standard InChI is InChI=1S/C16H23N3O3/c1-17-8-5-9-18-16(21)14-11-22-12-15(20)19(14)10-13-6-3-2-4-7-13/h2-4,6-7,14,17H,5,8-12H2,1H3,(H,18,21)/t14-/m1/s1. The summed E-state index contributed by atoms with van der Waals surface area (Å²) in [6.07, 6.45) is 0.850. The zero-order valence-electron chi connectivity index (χ0n) is 12.9. The number of benzene rings is 1. The number of rotatable bonds is 7. The maximum absolute atomic E-state index is 12.3. The molecule has 0 aromatic heterocycles. The molecule has 1 atom stereocenters. The highest BCUT2D eigenvalue weighted by Gasteiger charge is 2.33. The first-order valence-corrected chi connectivity index (χ1v) is 7.56. The second kappa shape index (κ2) is 8.51. The molecule has 2 rings (SSSR count). The fourth-order valence-electron chi connectivity index (χ4n) is 2.39. The summed E-state index contributed by atoms with van der Waals surface area (Å²) in [5.41, 5.74) is 1.01. The van der Waals surface area contributed by atoms with Gasteiger partial charge in [0, 0.05) is 13.1 Å². The molecule has 0 saturated carbocycles. The number of nitrogens with one attached hydrogen (secondary N) is 2. The Hall–Kier alpha value is -1.92. The van der Waals surface area contributed by atoms with E-state index < -0.39 is 6.04 Å². The van der Waals surface area contributed by atoms with Crippen LogP contribution in [0.4, 0.5) is 0 Å². The molecule has 1 aliphatic rings. The molecule has 1 aromatic carbocycles. The number of morpholine rings is 1. The van der Waals surface area contributed by atoms with Gasteiger partial charge in [0.25, 0.3) is 0 Å². The van der Waals surface area contributed by atoms with E-state index in [1.165, 1.54) is 0 Å². The molecule has 22 heavy (non-hydrogen) atoms. The Morgan fingerprint density at radius 1 is 1.32 bits per heavy atom. The van der Waals surface area contributed by atoms with Crippen LogP contribution in [0.2, 0.25) is 0 Å². The number of carbonyl (C=O) groups is 2. The summed E-state index contributed by atoms with van der Waals surface area (Å²) >= 11 is 0. The molecule has 0 bridgehead atoms. The van der Waals surface area contributed by atoms with Gasteiger partial charge in [0.2, 0.25) is 11.8 Å². The van der Waals surface area contributed by atoms with Crippen molar-refractivity contribution in [1.82, 2.24) is 15.5 Å². The number of amides is 2. The van der Waals surface area contributed by atoms with Gasteiger partial charge in [-0.25, -0.2) is 0 Å². The summed E-state index contributed by atoms with van der Waals surface area (Å²) in [5, 5.41) is 5.90. The fourth-order valence-corrected chi connectivity index (χ4v) is 2.39. The van der Waals surface area contributed by atoms with Crippen LogP contribution in [0.1, 0.15) is 12.0 Å². The number of ether oxygens (including phenoxy) is 1. The van der Waals surface area contributed by atoms with Gasteiger partial charge in [-0.1, -0.05) is 30.3 Å². The Morgan fingerprint density at radius 2 is 2.09 bits per heavy atom. The molecule has 2 N–H and O–H groups in total. The van der Waals surface area contributed by atoms with E-state index in [0.29, 0.717) is 13.1 Å². The molecule has 6 heteroatoms. The SMILES string of the molecule is CNCCCNC(=O)[C@H]1COCC(=O)N1Cc1ccccc1. The van der Waals surface area contributed by atoms with Crippen LogP contribution < -0.4 is 10.6 Å². The van der Waals surface area contributed by atoms with Crippen molar-refractivity contribution in [2.45, 2.75) is 19.0 Å². The summed E-state index contributed by atoms with van der Waals surface area (Å²) in [4.78, 5) is 26.0. The van der Waals surface area contributed by atoms with Crippen molar-refractivity contribution in [2.75, 3.05) is 33.4 Å². The second-order valence-corrected chi connectivity index (χ2v) is 5.29. The van der Waals surface area contributed by atoms with Gasteiger partial charge in [-0.15, -0.1) is 0 Å². The molecule has 0 spiro atoms. The van der Waals surface area contributed by atoms with Crippen LogP contribution >= 0.6 is 0 Å². The van der Waals surface area contributed by atoms with Crippen molar-refractivity contribution in [3.63, 3.8) is 0 Å². The minimum atomic E-state index is -0.559. The van der Waals surface area contributed by atoms with Gasteiger partial charge in [0.15, 0.2) is 0 Å². The summed E-state index contributed by atoms with van der Waals surface area (Å²) in [6.45, 7) is 2.14. The largest absolute Gasteiger partial charge is 0.369 e. The highest BCUT2D eigenvalue weighted by atomic mass is 16.5. The summed E-state index contributed by atoms with van der Waals surface area (Å²) < 4.78 is 5.25. The maximum atomic E-state index is 12.3. The Kier molecular flexibility index (Phi) is 6.36. The zero-order chi connectivity index (χ0) is 15.8. The van der Waals surface area contributed by atoms with Gasteiger partial charge in [-0.3, -0.25) is 9.59 Å². The minimum absolute atomic E-state index is 0.0381.